The fourth-order valence-electron chi connectivity index (χ4n) is 2.49. The molecule has 0 bridgehead atoms. The van der Waals surface area contributed by atoms with E-state index in [0.717, 1.165) is 16.5 Å². The minimum Gasteiger partial charge on any atom is -0.361 e. The minimum absolute atomic E-state index is 0.353. The SMILES string of the molecule is CSCCC(NC(=O)C(N)Cc1c[nH]c2ccccc12)C(=O)NO. The number of aromatic nitrogens is 1. The summed E-state index contributed by atoms with van der Waals surface area (Å²) in [5.74, 6) is -0.387. The molecular weight excluding hydrogens is 328 g/mol. The van der Waals surface area contributed by atoms with E-state index in [9.17, 15) is 9.59 Å². The zero-order valence-corrected chi connectivity index (χ0v) is 14.2. The summed E-state index contributed by atoms with van der Waals surface area (Å²) in [6.07, 6.45) is 4.51. The number of nitrogens with one attached hydrogen (secondary N) is 3. The third-order valence-corrected chi connectivity index (χ3v) is 4.45. The number of fused-ring (bicyclic) bond motifs is 1. The lowest BCUT2D eigenvalue weighted by Gasteiger charge is -2.19. The number of thioether (sulfide) groups is 1. The molecular formula is C16H22N4O3S. The summed E-state index contributed by atoms with van der Waals surface area (Å²) in [7, 11) is 0. The van der Waals surface area contributed by atoms with Crippen molar-refractivity contribution in [3.05, 3.63) is 36.0 Å². The number of carbonyl (C=O) groups is 2. The summed E-state index contributed by atoms with van der Waals surface area (Å²) in [5.41, 5.74) is 9.50. The lowest BCUT2D eigenvalue weighted by atomic mass is 10.0. The van der Waals surface area contributed by atoms with Gasteiger partial charge in [0.15, 0.2) is 0 Å². The first-order valence-corrected chi connectivity index (χ1v) is 9.00. The molecule has 2 amide bonds. The number of nitrogens with two attached hydrogens (primary N) is 1. The van der Waals surface area contributed by atoms with Gasteiger partial charge in [-0.15, -0.1) is 0 Å². The van der Waals surface area contributed by atoms with Gasteiger partial charge in [-0.25, -0.2) is 5.48 Å². The second-order valence-corrected chi connectivity index (χ2v) is 6.47. The van der Waals surface area contributed by atoms with Gasteiger partial charge in [0, 0.05) is 17.1 Å². The number of aromatic amines is 1. The summed E-state index contributed by atoms with van der Waals surface area (Å²) < 4.78 is 0. The van der Waals surface area contributed by atoms with Gasteiger partial charge in [-0.3, -0.25) is 14.8 Å². The van der Waals surface area contributed by atoms with Gasteiger partial charge in [0.25, 0.3) is 5.91 Å². The van der Waals surface area contributed by atoms with Gasteiger partial charge in [0.05, 0.1) is 6.04 Å². The molecule has 2 aromatic rings. The average molecular weight is 350 g/mol. The molecule has 0 spiro atoms. The second kappa shape index (κ2) is 8.72. The molecule has 2 unspecified atom stereocenters. The Morgan fingerprint density at radius 2 is 2.08 bits per heavy atom. The van der Waals surface area contributed by atoms with Crippen LogP contribution >= 0.6 is 11.8 Å². The molecule has 0 fully saturated rings. The highest BCUT2D eigenvalue weighted by atomic mass is 32.2. The van der Waals surface area contributed by atoms with E-state index in [2.05, 4.69) is 10.3 Å². The highest BCUT2D eigenvalue weighted by Crippen LogP contribution is 2.18. The molecule has 0 aliphatic rings. The zero-order chi connectivity index (χ0) is 17.5. The first-order chi connectivity index (χ1) is 11.6. The van der Waals surface area contributed by atoms with Gasteiger partial charge < -0.3 is 16.0 Å². The Labute approximate surface area is 144 Å². The zero-order valence-electron chi connectivity index (χ0n) is 13.4. The van der Waals surface area contributed by atoms with E-state index in [-0.39, 0.29) is 0 Å². The number of benzene rings is 1. The predicted molar refractivity (Wildman–Crippen MR) is 94.8 cm³/mol. The maximum absolute atomic E-state index is 12.3. The molecule has 1 aromatic heterocycles. The van der Waals surface area contributed by atoms with Crippen LogP contribution in [0.3, 0.4) is 0 Å². The normalized spacial score (nSPS) is 13.5. The largest absolute Gasteiger partial charge is 0.361 e. The van der Waals surface area contributed by atoms with Gasteiger partial charge >= 0.3 is 0 Å². The monoisotopic (exact) mass is 350 g/mol. The van der Waals surface area contributed by atoms with Crippen LogP contribution in [0, 0.1) is 0 Å². The van der Waals surface area contributed by atoms with Crippen molar-refractivity contribution in [3.63, 3.8) is 0 Å². The Morgan fingerprint density at radius 3 is 2.79 bits per heavy atom. The van der Waals surface area contributed by atoms with Crippen molar-refractivity contribution in [2.75, 3.05) is 12.0 Å². The molecule has 6 N–H and O–H groups in total. The number of para-hydroxylation sites is 1. The topological polar surface area (TPSA) is 120 Å². The Balaban J connectivity index is 2.01. The molecule has 7 nitrogen and oxygen atoms in total. The van der Waals surface area contributed by atoms with E-state index in [1.165, 1.54) is 0 Å². The first kappa shape index (κ1) is 18.3. The van der Waals surface area contributed by atoms with Crippen LogP contribution in [-0.2, 0) is 16.0 Å². The lowest BCUT2D eigenvalue weighted by Crippen LogP contribution is -2.51. The van der Waals surface area contributed by atoms with E-state index in [1.807, 2.05) is 36.7 Å². The van der Waals surface area contributed by atoms with Crippen LogP contribution in [0.15, 0.2) is 30.5 Å². The molecule has 0 saturated heterocycles. The number of amides is 2. The molecule has 2 atom stereocenters. The van der Waals surface area contributed by atoms with Gasteiger partial charge in [0.2, 0.25) is 5.91 Å². The highest BCUT2D eigenvalue weighted by molar-refractivity contribution is 7.98. The number of hydrogen-bond acceptors (Lipinski definition) is 5. The predicted octanol–water partition coefficient (Wildman–Crippen LogP) is 0.781. The van der Waals surface area contributed by atoms with E-state index < -0.39 is 23.9 Å². The number of carbonyl (C=O) groups excluding carboxylic acids is 2. The molecule has 0 aliphatic carbocycles. The molecule has 1 heterocycles. The second-order valence-electron chi connectivity index (χ2n) is 5.49. The van der Waals surface area contributed by atoms with Crippen LogP contribution in [0.25, 0.3) is 10.9 Å². The van der Waals surface area contributed by atoms with Crippen molar-refractivity contribution >= 4 is 34.5 Å². The maximum Gasteiger partial charge on any atom is 0.265 e. The molecule has 2 rings (SSSR count). The third-order valence-electron chi connectivity index (χ3n) is 3.81. The number of hydroxylamine groups is 1. The van der Waals surface area contributed by atoms with Crippen LogP contribution in [0.2, 0.25) is 0 Å². The Hall–Kier alpha value is -2.03. The van der Waals surface area contributed by atoms with E-state index in [1.54, 1.807) is 17.2 Å². The fraction of sp³-hybridized carbons (Fsp3) is 0.375. The average Bonchev–Trinajstić information content (AvgIpc) is 3.00. The smallest absolute Gasteiger partial charge is 0.265 e. The summed E-state index contributed by atoms with van der Waals surface area (Å²) in [6, 6.07) is 6.19. The van der Waals surface area contributed by atoms with Crippen LogP contribution in [0.4, 0.5) is 0 Å². The first-order valence-electron chi connectivity index (χ1n) is 7.60. The summed E-state index contributed by atoms with van der Waals surface area (Å²) >= 11 is 1.55. The molecule has 24 heavy (non-hydrogen) atoms. The van der Waals surface area contributed by atoms with Gasteiger partial charge in [-0.05, 0) is 36.5 Å². The Bertz CT molecular complexity index is 703. The van der Waals surface area contributed by atoms with Gasteiger partial charge in [-0.2, -0.15) is 11.8 Å². The molecule has 1 aromatic carbocycles. The molecule has 0 radical (unpaired) electrons. The standard InChI is InChI=1S/C16H22N4O3S/c1-24-7-6-14(16(22)20-23)19-15(21)12(17)8-10-9-18-13-5-3-2-4-11(10)13/h2-5,9,12,14,18,23H,6-8,17H2,1H3,(H,19,21)(H,20,22). The minimum atomic E-state index is -0.802. The van der Waals surface area contributed by atoms with Crippen LogP contribution in [-0.4, -0.2) is 46.1 Å². The highest BCUT2D eigenvalue weighted by Gasteiger charge is 2.23. The van der Waals surface area contributed by atoms with Crippen molar-refractivity contribution in [1.29, 1.82) is 0 Å². The Kier molecular flexibility index (Phi) is 6.65. The van der Waals surface area contributed by atoms with Crippen LogP contribution < -0.4 is 16.5 Å². The van der Waals surface area contributed by atoms with Gasteiger partial charge in [-0.1, -0.05) is 18.2 Å². The van der Waals surface area contributed by atoms with Crippen molar-refractivity contribution in [3.8, 4) is 0 Å². The summed E-state index contributed by atoms with van der Waals surface area (Å²) in [4.78, 5) is 27.1. The van der Waals surface area contributed by atoms with Gasteiger partial charge in [0.1, 0.15) is 6.04 Å². The number of H-pyrrole nitrogens is 1. The maximum atomic E-state index is 12.3. The summed E-state index contributed by atoms with van der Waals surface area (Å²) in [6.45, 7) is 0. The van der Waals surface area contributed by atoms with Crippen molar-refractivity contribution < 1.29 is 14.8 Å². The molecule has 0 aliphatic heterocycles. The van der Waals surface area contributed by atoms with Crippen molar-refractivity contribution in [1.82, 2.24) is 15.8 Å². The molecule has 130 valence electrons. The molecule has 8 heteroatoms. The van der Waals surface area contributed by atoms with E-state index >= 15 is 0 Å². The van der Waals surface area contributed by atoms with Crippen LogP contribution in [0.5, 0.6) is 0 Å². The Morgan fingerprint density at radius 1 is 1.33 bits per heavy atom. The number of rotatable bonds is 8. The summed E-state index contributed by atoms with van der Waals surface area (Å²) in [5, 5.41) is 12.4. The van der Waals surface area contributed by atoms with Crippen molar-refractivity contribution in [2.45, 2.75) is 24.9 Å². The van der Waals surface area contributed by atoms with E-state index in [4.69, 9.17) is 10.9 Å². The number of hydrogen-bond donors (Lipinski definition) is 5. The lowest BCUT2D eigenvalue weighted by molar-refractivity contribution is -0.135. The van der Waals surface area contributed by atoms with Crippen molar-refractivity contribution in [2.24, 2.45) is 5.73 Å². The van der Waals surface area contributed by atoms with Crippen LogP contribution in [0.1, 0.15) is 12.0 Å². The van der Waals surface area contributed by atoms with E-state index in [0.29, 0.717) is 18.6 Å². The quantitative estimate of drug-likeness (QED) is 0.356. The third kappa shape index (κ3) is 4.50. The molecule has 0 saturated carbocycles. The fourth-order valence-corrected chi connectivity index (χ4v) is 2.96.